The fraction of sp³-hybridized carbons (Fsp3) is 0.273. The molecular formula is C11H13ClN2O3. The zero-order valence-electron chi connectivity index (χ0n) is 9.16. The highest BCUT2D eigenvalue weighted by molar-refractivity contribution is 6.29. The number of hydrogen-bond donors (Lipinski definition) is 2. The zero-order valence-corrected chi connectivity index (χ0v) is 9.92. The van der Waals surface area contributed by atoms with Crippen molar-refractivity contribution in [2.24, 2.45) is 0 Å². The number of nitrogens with one attached hydrogen (secondary N) is 2. The smallest absolute Gasteiger partial charge is 0.286 e. The molecule has 0 bridgehead atoms. The van der Waals surface area contributed by atoms with Crippen molar-refractivity contribution < 1.29 is 14.0 Å². The molecule has 0 aliphatic heterocycles. The largest absolute Gasteiger partial charge is 0.459 e. The van der Waals surface area contributed by atoms with Crippen molar-refractivity contribution in [1.82, 2.24) is 10.6 Å². The molecule has 92 valence electrons. The predicted molar refractivity (Wildman–Crippen MR) is 63.7 cm³/mol. The van der Waals surface area contributed by atoms with Gasteiger partial charge in [0.25, 0.3) is 5.91 Å². The Kier molecular flexibility index (Phi) is 5.29. The molecule has 0 aliphatic rings. The lowest BCUT2D eigenvalue weighted by atomic mass is 10.3. The highest BCUT2D eigenvalue weighted by Crippen LogP contribution is 1.98. The van der Waals surface area contributed by atoms with Crippen LogP contribution < -0.4 is 10.6 Å². The SMILES string of the molecule is C=C(Cl)CNC(=O)CCNC(=O)c1ccco1. The van der Waals surface area contributed by atoms with E-state index in [-0.39, 0.29) is 37.1 Å². The van der Waals surface area contributed by atoms with Gasteiger partial charge >= 0.3 is 0 Å². The lowest BCUT2D eigenvalue weighted by molar-refractivity contribution is -0.120. The average Bonchev–Trinajstić information content (AvgIpc) is 2.79. The van der Waals surface area contributed by atoms with Crippen molar-refractivity contribution in [3.8, 4) is 0 Å². The molecule has 0 fully saturated rings. The first-order valence-corrected chi connectivity index (χ1v) is 5.39. The summed E-state index contributed by atoms with van der Waals surface area (Å²) in [4.78, 5) is 22.6. The molecule has 1 aromatic heterocycles. The van der Waals surface area contributed by atoms with Crippen LogP contribution in [0.2, 0.25) is 0 Å². The minimum atomic E-state index is -0.343. The number of furan rings is 1. The van der Waals surface area contributed by atoms with Gasteiger partial charge < -0.3 is 15.1 Å². The molecule has 0 radical (unpaired) electrons. The van der Waals surface area contributed by atoms with Crippen LogP contribution in [0.15, 0.2) is 34.4 Å². The molecule has 6 heteroatoms. The normalized spacial score (nSPS) is 9.71. The molecule has 0 spiro atoms. The summed E-state index contributed by atoms with van der Waals surface area (Å²) in [6, 6.07) is 3.17. The van der Waals surface area contributed by atoms with E-state index in [1.807, 2.05) is 0 Å². The second-order valence-corrected chi connectivity index (χ2v) is 3.81. The summed E-state index contributed by atoms with van der Waals surface area (Å²) < 4.78 is 4.89. The molecule has 1 heterocycles. The Morgan fingerprint density at radius 2 is 2.18 bits per heavy atom. The van der Waals surface area contributed by atoms with E-state index >= 15 is 0 Å². The molecule has 5 nitrogen and oxygen atoms in total. The van der Waals surface area contributed by atoms with E-state index in [1.54, 1.807) is 12.1 Å². The van der Waals surface area contributed by atoms with Crippen molar-refractivity contribution in [2.75, 3.05) is 13.1 Å². The van der Waals surface area contributed by atoms with Gasteiger partial charge in [-0.1, -0.05) is 18.2 Å². The van der Waals surface area contributed by atoms with Crippen LogP contribution in [0.5, 0.6) is 0 Å². The third kappa shape index (κ3) is 5.21. The highest BCUT2D eigenvalue weighted by Gasteiger charge is 2.08. The van der Waals surface area contributed by atoms with Crippen molar-refractivity contribution in [3.05, 3.63) is 35.8 Å². The second kappa shape index (κ2) is 6.75. The Bertz CT molecular complexity index is 401. The van der Waals surface area contributed by atoms with Gasteiger partial charge in [-0.3, -0.25) is 9.59 Å². The number of amides is 2. The first-order chi connectivity index (χ1) is 8.09. The van der Waals surface area contributed by atoms with Crippen LogP contribution in [0, 0.1) is 0 Å². The van der Waals surface area contributed by atoms with Crippen LogP contribution in [0.25, 0.3) is 0 Å². The van der Waals surface area contributed by atoms with Crippen molar-refractivity contribution in [1.29, 1.82) is 0 Å². The minimum Gasteiger partial charge on any atom is -0.459 e. The molecular weight excluding hydrogens is 244 g/mol. The van der Waals surface area contributed by atoms with Crippen LogP contribution in [-0.4, -0.2) is 24.9 Å². The van der Waals surface area contributed by atoms with Gasteiger partial charge in [-0.2, -0.15) is 0 Å². The topological polar surface area (TPSA) is 71.3 Å². The van der Waals surface area contributed by atoms with Gasteiger partial charge in [-0.15, -0.1) is 0 Å². The summed E-state index contributed by atoms with van der Waals surface area (Å²) in [7, 11) is 0. The van der Waals surface area contributed by atoms with Crippen LogP contribution in [0.3, 0.4) is 0 Å². The molecule has 0 aliphatic carbocycles. The summed E-state index contributed by atoms with van der Waals surface area (Å²) in [5.74, 6) is -0.323. The molecule has 0 aromatic carbocycles. The average molecular weight is 257 g/mol. The van der Waals surface area contributed by atoms with E-state index in [2.05, 4.69) is 17.2 Å². The maximum absolute atomic E-state index is 11.4. The van der Waals surface area contributed by atoms with Crippen LogP contribution in [0.1, 0.15) is 17.0 Å². The summed E-state index contributed by atoms with van der Waals surface area (Å²) in [5, 5.41) is 5.46. The maximum Gasteiger partial charge on any atom is 0.286 e. The monoisotopic (exact) mass is 256 g/mol. The number of carbonyl (C=O) groups excluding carboxylic acids is 2. The molecule has 17 heavy (non-hydrogen) atoms. The highest BCUT2D eigenvalue weighted by atomic mass is 35.5. The number of halogens is 1. The minimum absolute atomic E-state index is 0.177. The lowest BCUT2D eigenvalue weighted by Crippen LogP contribution is -2.31. The van der Waals surface area contributed by atoms with Crippen molar-refractivity contribution in [3.63, 3.8) is 0 Å². The van der Waals surface area contributed by atoms with E-state index in [4.69, 9.17) is 16.0 Å². The molecule has 2 amide bonds. The van der Waals surface area contributed by atoms with E-state index in [9.17, 15) is 9.59 Å². The first-order valence-electron chi connectivity index (χ1n) is 5.01. The van der Waals surface area contributed by atoms with E-state index in [0.29, 0.717) is 5.03 Å². The second-order valence-electron chi connectivity index (χ2n) is 3.28. The van der Waals surface area contributed by atoms with Crippen LogP contribution in [-0.2, 0) is 4.79 Å². The van der Waals surface area contributed by atoms with E-state index in [1.165, 1.54) is 6.26 Å². The van der Waals surface area contributed by atoms with Gasteiger partial charge in [0.15, 0.2) is 5.76 Å². The van der Waals surface area contributed by atoms with Gasteiger partial charge in [0, 0.05) is 18.0 Å². The van der Waals surface area contributed by atoms with Crippen molar-refractivity contribution >= 4 is 23.4 Å². The Morgan fingerprint density at radius 3 is 2.76 bits per heavy atom. The Balaban J connectivity index is 2.17. The summed E-state index contributed by atoms with van der Waals surface area (Å²) >= 11 is 5.48. The van der Waals surface area contributed by atoms with Gasteiger partial charge in [-0.05, 0) is 12.1 Å². The Labute approximate surface area is 104 Å². The fourth-order valence-corrected chi connectivity index (χ4v) is 1.13. The summed E-state index contributed by atoms with van der Waals surface area (Å²) in [6.07, 6.45) is 1.59. The lowest BCUT2D eigenvalue weighted by Gasteiger charge is -2.04. The van der Waals surface area contributed by atoms with Gasteiger partial charge in [0.05, 0.1) is 12.8 Å². The zero-order chi connectivity index (χ0) is 12.7. The molecule has 2 N–H and O–H groups in total. The maximum atomic E-state index is 11.4. The third-order valence-corrected chi connectivity index (χ3v) is 1.99. The van der Waals surface area contributed by atoms with Gasteiger partial charge in [-0.25, -0.2) is 0 Å². The van der Waals surface area contributed by atoms with Crippen LogP contribution >= 0.6 is 11.6 Å². The molecule has 1 aromatic rings. The Hall–Kier alpha value is -1.75. The standard InChI is InChI=1S/C11H13ClN2O3/c1-8(12)7-14-10(15)4-5-13-11(16)9-3-2-6-17-9/h2-3,6H,1,4-5,7H2,(H,13,16)(H,14,15). The van der Waals surface area contributed by atoms with Gasteiger partial charge in [0.2, 0.25) is 5.91 Å². The van der Waals surface area contributed by atoms with Gasteiger partial charge in [0.1, 0.15) is 0 Å². The van der Waals surface area contributed by atoms with E-state index < -0.39 is 0 Å². The fourth-order valence-electron chi connectivity index (χ4n) is 1.07. The summed E-state index contributed by atoms with van der Waals surface area (Å²) in [6.45, 7) is 3.90. The van der Waals surface area contributed by atoms with Crippen molar-refractivity contribution in [2.45, 2.75) is 6.42 Å². The first kappa shape index (κ1) is 13.3. The molecule has 0 saturated heterocycles. The summed E-state index contributed by atoms with van der Waals surface area (Å²) in [5.41, 5.74) is 0. The Morgan fingerprint density at radius 1 is 1.41 bits per heavy atom. The number of hydrogen-bond acceptors (Lipinski definition) is 3. The molecule has 0 unspecified atom stereocenters. The van der Waals surface area contributed by atoms with E-state index in [0.717, 1.165) is 0 Å². The molecule has 0 atom stereocenters. The number of rotatable bonds is 6. The molecule has 1 rings (SSSR count). The third-order valence-electron chi connectivity index (χ3n) is 1.86. The molecule has 0 saturated carbocycles. The number of carbonyl (C=O) groups is 2. The predicted octanol–water partition coefficient (Wildman–Crippen LogP) is 1.27. The quantitative estimate of drug-likeness (QED) is 0.805. The van der Waals surface area contributed by atoms with Crippen LogP contribution in [0.4, 0.5) is 0 Å².